The van der Waals surface area contributed by atoms with Crippen LogP contribution in [0.25, 0.3) is 10.9 Å². The highest BCUT2D eigenvalue weighted by Crippen LogP contribution is 2.15. The Morgan fingerprint density at radius 2 is 2.14 bits per heavy atom. The third-order valence-corrected chi connectivity index (χ3v) is 3.31. The van der Waals surface area contributed by atoms with Crippen LogP contribution in [0.4, 0.5) is 5.95 Å². The van der Waals surface area contributed by atoms with Gasteiger partial charge in [-0.15, -0.1) is 0 Å². The number of aromatic nitrogens is 2. The van der Waals surface area contributed by atoms with Gasteiger partial charge in [0.05, 0.1) is 18.2 Å². The molecule has 0 aliphatic carbocycles. The van der Waals surface area contributed by atoms with Crippen molar-refractivity contribution in [1.29, 1.82) is 0 Å². The molecule has 1 amide bonds. The van der Waals surface area contributed by atoms with Crippen LogP contribution in [0.1, 0.15) is 37.6 Å². The molecule has 0 aliphatic heterocycles. The molecule has 0 saturated heterocycles. The maximum atomic E-state index is 12.2. The fraction of sp³-hybridized carbons (Fsp3) is 0.438. The third-order valence-electron chi connectivity index (χ3n) is 3.31. The summed E-state index contributed by atoms with van der Waals surface area (Å²) in [7, 11) is 0. The van der Waals surface area contributed by atoms with Crippen molar-refractivity contribution < 1.29 is 9.90 Å². The van der Waals surface area contributed by atoms with Crippen LogP contribution in [0.2, 0.25) is 0 Å². The van der Waals surface area contributed by atoms with E-state index >= 15 is 0 Å². The lowest BCUT2D eigenvalue weighted by atomic mass is 10.1. The maximum Gasteiger partial charge on any atom is 0.251 e. The van der Waals surface area contributed by atoms with E-state index < -0.39 is 0 Å². The highest BCUT2D eigenvalue weighted by molar-refractivity contribution is 5.97. The van der Waals surface area contributed by atoms with Gasteiger partial charge in [-0.3, -0.25) is 4.79 Å². The topological polar surface area (TPSA) is 87.1 Å². The number of anilines is 1. The quantitative estimate of drug-likeness (QED) is 0.759. The molecular formula is C16H22N4O2. The Kier molecular flexibility index (Phi) is 5.27. The molecule has 0 saturated carbocycles. The zero-order valence-electron chi connectivity index (χ0n) is 13.1. The first-order chi connectivity index (χ1) is 10.5. The first-order valence-electron chi connectivity index (χ1n) is 7.48. The van der Waals surface area contributed by atoms with Crippen LogP contribution in [0.3, 0.4) is 0 Å². The van der Waals surface area contributed by atoms with Crippen LogP contribution in [0, 0.1) is 0 Å². The van der Waals surface area contributed by atoms with Crippen LogP contribution in [0.5, 0.6) is 0 Å². The predicted octanol–water partition coefficient (Wildman–Crippen LogP) is 1.95. The Labute approximate surface area is 130 Å². The second-order valence-corrected chi connectivity index (χ2v) is 5.53. The Balaban J connectivity index is 2.26. The third kappa shape index (κ3) is 3.92. The normalized spacial score (nSPS) is 12.4. The number of carbonyl (C=O) groups excluding carboxylic acids is 1. The molecule has 0 bridgehead atoms. The number of nitrogens with one attached hydrogen (secondary N) is 2. The molecule has 1 aromatic heterocycles. The number of rotatable bonds is 6. The number of hydrogen-bond acceptors (Lipinski definition) is 5. The summed E-state index contributed by atoms with van der Waals surface area (Å²) in [5.41, 5.74) is 1.23. The van der Waals surface area contributed by atoms with E-state index in [2.05, 4.69) is 20.6 Å². The first-order valence-corrected chi connectivity index (χ1v) is 7.48. The lowest BCUT2D eigenvalue weighted by Crippen LogP contribution is -2.36. The van der Waals surface area contributed by atoms with Crippen LogP contribution in [-0.4, -0.2) is 39.7 Å². The number of aliphatic hydroxyl groups is 1. The summed E-state index contributed by atoms with van der Waals surface area (Å²) in [6.07, 6.45) is 2.41. The molecule has 0 fully saturated rings. The van der Waals surface area contributed by atoms with Gasteiger partial charge in [-0.1, -0.05) is 13.0 Å². The van der Waals surface area contributed by atoms with Gasteiger partial charge < -0.3 is 15.7 Å². The summed E-state index contributed by atoms with van der Waals surface area (Å²) in [5.74, 6) is 0.335. The minimum absolute atomic E-state index is 0.0690. The highest BCUT2D eigenvalue weighted by Gasteiger charge is 2.12. The van der Waals surface area contributed by atoms with Crippen LogP contribution < -0.4 is 10.6 Å². The van der Waals surface area contributed by atoms with Gasteiger partial charge >= 0.3 is 0 Å². The monoisotopic (exact) mass is 302 g/mol. The Morgan fingerprint density at radius 3 is 2.77 bits per heavy atom. The van der Waals surface area contributed by atoms with E-state index in [4.69, 9.17) is 0 Å². The molecule has 1 atom stereocenters. The van der Waals surface area contributed by atoms with E-state index in [1.807, 2.05) is 26.8 Å². The number of aliphatic hydroxyl groups excluding tert-OH is 1. The molecule has 118 valence electrons. The molecule has 0 radical (unpaired) electrons. The number of amides is 1. The number of carbonyl (C=O) groups is 1. The number of benzene rings is 1. The van der Waals surface area contributed by atoms with Gasteiger partial charge in [0.25, 0.3) is 5.91 Å². The van der Waals surface area contributed by atoms with Crippen molar-refractivity contribution in [2.24, 2.45) is 0 Å². The number of fused-ring (bicyclic) bond motifs is 1. The Morgan fingerprint density at radius 1 is 1.36 bits per heavy atom. The van der Waals surface area contributed by atoms with E-state index in [0.717, 1.165) is 5.39 Å². The molecular weight excluding hydrogens is 280 g/mol. The minimum Gasteiger partial charge on any atom is -0.394 e. The molecule has 6 nitrogen and oxygen atoms in total. The van der Waals surface area contributed by atoms with Gasteiger partial charge in [-0.05, 0) is 32.4 Å². The van der Waals surface area contributed by atoms with Crippen molar-refractivity contribution in [2.75, 3.05) is 11.9 Å². The Hall–Kier alpha value is -2.21. The summed E-state index contributed by atoms with van der Waals surface area (Å²) in [5, 5.41) is 16.0. The maximum absolute atomic E-state index is 12.2. The average molecular weight is 302 g/mol. The van der Waals surface area contributed by atoms with Crippen molar-refractivity contribution in [2.45, 2.75) is 39.3 Å². The number of nitrogens with zero attached hydrogens (tertiary/aromatic N) is 2. The zero-order chi connectivity index (χ0) is 16.1. The molecule has 1 heterocycles. The summed E-state index contributed by atoms with van der Waals surface area (Å²) in [6, 6.07) is 5.30. The zero-order valence-corrected chi connectivity index (χ0v) is 13.1. The predicted molar refractivity (Wildman–Crippen MR) is 86.9 cm³/mol. The van der Waals surface area contributed by atoms with Gasteiger partial charge in [0.2, 0.25) is 5.95 Å². The van der Waals surface area contributed by atoms with E-state index in [9.17, 15) is 9.90 Å². The minimum atomic E-state index is -0.230. The van der Waals surface area contributed by atoms with E-state index in [1.165, 1.54) is 0 Å². The van der Waals surface area contributed by atoms with Crippen LogP contribution in [0.15, 0.2) is 24.4 Å². The van der Waals surface area contributed by atoms with E-state index in [-0.39, 0.29) is 24.6 Å². The van der Waals surface area contributed by atoms with Gasteiger partial charge in [-0.2, -0.15) is 0 Å². The van der Waals surface area contributed by atoms with Crippen molar-refractivity contribution >= 4 is 22.8 Å². The molecule has 0 aliphatic rings. The van der Waals surface area contributed by atoms with E-state index in [1.54, 1.807) is 18.3 Å². The fourth-order valence-corrected chi connectivity index (χ4v) is 2.04. The highest BCUT2D eigenvalue weighted by atomic mass is 16.3. The second-order valence-electron chi connectivity index (χ2n) is 5.53. The standard InChI is InChI=1S/C16H22N4O2/c1-4-13(9-21)19-15(22)11-5-6-12-8-17-16(18-10(2)3)20-14(12)7-11/h5-8,10,13,21H,4,9H2,1-3H3,(H,19,22)(H,17,18,20)/t13-/m0/s1. The molecule has 22 heavy (non-hydrogen) atoms. The van der Waals surface area contributed by atoms with Crippen LogP contribution >= 0.6 is 0 Å². The SMILES string of the molecule is CC[C@@H](CO)NC(=O)c1ccc2cnc(NC(C)C)nc2c1. The fourth-order valence-electron chi connectivity index (χ4n) is 2.04. The van der Waals surface area contributed by atoms with Crippen molar-refractivity contribution in [1.82, 2.24) is 15.3 Å². The van der Waals surface area contributed by atoms with Crippen LogP contribution in [-0.2, 0) is 0 Å². The summed E-state index contributed by atoms with van der Waals surface area (Å²) < 4.78 is 0. The van der Waals surface area contributed by atoms with Gasteiger partial charge in [0.1, 0.15) is 0 Å². The van der Waals surface area contributed by atoms with E-state index in [0.29, 0.717) is 23.4 Å². The summed E-state index contributed by atoms with van der Waals surface area (Å²) in [6.45, 7) is 5.87. The van der Waals surface area contributed by atoms with Crippen molar-refractivity contribution in [3.63, 3.8) is 0 Å². The summed E-state index contributed by atoms with van der Waals surface area (Å²) >= 11 is 0. The molecule has 0 unspecified atom stereocenters. The molecule has 3 N–H and O–H groups in total. The second kappa shape index (κ2) is 7.17. The smallest absolute Gasteiger partial charge is 0.251 e. The van der Waals surface area contributed by atoms with Gasteiger partial charge in [-0.25, -0.2) is 9.97 Å². The molecule has 2 rings (SSSR count). The molecule has 2 aromatic rings. The van der Waals surface area contributed by atoms with Gasteiger partial charge in [0, 0.05) is 23.2 Å². The Bertz CT molecular complexity index is 654. The first kappa shape index (κ1) is 16.2. The molecule has 0 spiro atoms. The summed E-state index contributed by atoms with van der Waals surface area (Å²) in [4.78, 5) is 20.9. The lowest BCUT2D eigenvalue weighted by Gasteiger charge is -2.14. The van der Waals surface area contributed by atoms with Gasteiger partial charge in [0.15, 0.2) is 0 Å². The largest absolute Gasteiger partial charge is 0.394 e. The molecule has 6 heteroatoms. The molecule has 1 aromatic carbocycles. The van der Waals surface area contributed by atoms with Crippen molar-refractivity contribution in [3.05, 3.63) is 30.0 Å². The lowest BCUT2D eigenvalue weighted by molar-refractivity contribution is 0.0915. The average Bonchev–Trinajstić information content (AvgIpc) is 2.51. The number of hydrogen-bond donors (Lipinski definition) is 3. The van der Waals surface area contributed by atoms with Crippen molar-refractivity contribution in [3.8, 4) is 0 Å².